The van der Waals surface area contributed by atoms with Crippen LogP contribution in [0.3, 0.4) is 0 Å². The highest BCUT2D eigenvalue weighted by atomic mass is 16.5. The van der Waals surface area contributed by atoms with Gasteiger partial charge in [-0.25, -0.2) is 0 Å². The van der Waals surface area contributed by atoms with Crippen molar-refractivity contribution in [2.45, 2.75) is 52.7 Å². The second-order valence-electron chi connectivity index (χ2n) is 8.19. The lowest BCUT2D eigenvalue weighted by molar-refractivity contribution is -0.121. The predicted molar refractivity (Wildman–Crippen MR) is 127 cm³/mol. The Balaban J connectivity index is 0.00000166. The quantitative estimate of drug-likeness (QED) is 0.572. The monoisotopic (exact) mass is 423 g/mol. The maximum Gasteiger partial charge on any atom is 0.258 e. The summed E-state index contributed by atoms with van der Waals surface area (Å²) < 4.78 is 7.46. The van der Waals surface area contributed by atoms with Crippen LogP contribution in [-0.4, -0.2) is 29.2 Å². The standard InChI is InChI=1S/C25H29NO3.CH4O/c1-15(2)18-8-10-19(11-9-18)23-21-13-17(5)7-12-20(21)25(28)26(6)24(23)22(14-27)29-16(3)4;1-2/h7-16,22H,1-6H3;2H,1H3. The van der Waals surface area contributed by atoms with E-state index in [1.807, 2.05) is 39.0 Å². The number of rotatable bonds is 6. The molecule has 1 N–H and O–H groups in total. The van der Waals surface area contributed by atoms with Crippen LogP contribution in [0.2, 0.25) is 0 Å². The Hall–Kier alpha value is -2.76. The van der Waals surface area contributed by atoms with Crippen molar-refractivity contribution in [1.29, 1.82) is 0 Å². The second-order valence-corrected chi connectivity index (χ2v) is 8.19. The Labute approximate surface area is 184 Å². The van der Waals surface area contributed by atoms with Gasteiger partial charge >= 0.3 is 0 Å². The molecule has 0 amide bonds. The molecule has 0 saturated carbocycles. The van der Waals surface area contributed by atoms with Crippen LogP contribution in [0.15, 0.2) is 47.3 Å². The molecule has 1 aromatic heterocycles. The summed E-state index contributed by atoms with van der Waals surface area (Å²) in [5.41, 5.74) is 4.61. The van der Waals surface area contributed by atoms with Gasteiger partial charge in [0.2, 0.25) is 0 Å². The fraction of sp³-hybridized carbons (Fsp3) is 0.385. The molecule has 5 nitrogen and oxygen atoms in total. The average molecular weight is 424 g/mol. The summed E-state index contributed by atoms with van der Waals surface area (Å²) in [6, 6.07) is 14.2. The fourth-order valence-corrected chi connectivity index (χ4v) is 3.77. The van der Waals surface area contributed by atoms with Crippen LogP contribution >= 0.6 is 0 Å². The summed E-state index contributed by atoms with van der Waals surface area (Å²) in [4.78, 5) is 25.1. The fourth-order valence-electron chi connectivity index (χ4n) is 3.77. The number of fused-ring (bicyclic) bond motifs is 1. The Bertz CT molecular complexity index is 1100. The first-order valence-electron chi connectivity index (χ1n) is 10.5. The Morgan fingerprint density at radius 2 is 1.58 bits per heavy atom. The van der Waals surface area contributed by atoms with Crippen molar-refractivity contribution in [3.05, 3.63) is 69.6 Å². The minimum atomic E-state index is -0.822. The van der Waals surface area contributed by atoms with E-state index in [9.17, 15) is 9.59 Å². The largest absolute Gasteiger partial charge is 0.400 e. The van der Waals surface area contributed by atoms with Gasteiger partial charge in [-0.15, -0.1) is 0 Å². The van der Waals surface area contributed by atoms with Gasteiger partial charge in [0, 0.05) is 25.1 Å². The van der Waals surface area contributed by atoms with E-state index in [0.717, 1.165) is 35.5 Å². The number of hydrogen-bond donors (Lipinski definition) is 1. The number of aromatic nitrogens is 1. The summed E-state index contributed by atoms with van der Waals surface area (Å²) in [6.07, 6.45) is -0.190. The van der Waals surface area contributed by atoms with E-state index >= 15 is 0 Å². The van der Waals surface area contributed by atoms with Crippen molar-refractivity contribution >= 4 is 17.1 Å². The summed E-state index contributed by atoms with van der Waals surface area (Å²) in [5.74, 6) is 0.426. The molecule has 0 fully saturated rings. The van der Waals surface area contributed by atoms with E-state index in [1.54, 1.807) is 11.6 Å². The maximum atomic E-state index is 13.1. The molecule has 0 aliphatic heterocycles. The number of aliphatic hydroxyl groups is 1. The summed E-state index contributed by atoms with van der Waals surface area (Å²) in [5, 5.41) is 8.48. The molecule has 0 spiro atoms. The molecule has 0 saturated heterocycles. The number of benzene rings is 2. The molecule has 166 valence electrons. The second kappa shape index (κ2) is 10.5. The van der Waals surface area contributed by atoms with Crippen LogP contribution in [0.1, 0.15) is 56.5 Å². The van der Waals surface area contributed by atoms with Crippen molar-refractivity contribution < 1.29 is 14.6 Å². The van der Waals surface area contributed by atoms with Crippen LogP contribution in [0.5, 0.6) is 0 Å². The molecule has 1 unspecified atom stereocenters. The van der Waals surface area contributed by atoms with Crippen LogP contribution in [0, 0.1) is 6.92 Å². The summed E-state index contributed by atoms with van der Waals surface area (Å²) >= 11 is 0. The minimum Gasteiger partial charge on any atom is -0.400 e. The summed E-state index contributed by atoms with van der Waals surface area (Å²) in [7, 11) is 2.71. The van der Waals surface area contributed by atoms with E-state index in [2.05, 4.69) is 38.1 Å². The number of hydrogen-bond acceptors (Lipinski definition) is 4. The van der Waals surface area contributed by atoms with Gasteiger partial charge in [-0.1, -0.05) is 55.8 Å². The molecule has 1 heterocycles. The van der Waals surface area contributed by atoms with Crippen molar-refractivity contribution in [2.24, 2.45) is 7.05 Å². The van der Waals surface area contributed by atoms with Crippen molar-refractivity contribution in [3.8, 4) is 11.1 Å². The van der Waals surface area contributed by atoms with Gasteiger partial charge in [0.1, 0.15) is 0 Å². The molecule has 31 heavy (non-hydrogen) atoms. The normalized spacial score (nSPS) is 12.1. The molecular weight excluding hydrogens is 390 g/mol. The first-order valence-corrected chi connectivity index (χ1v) is 10.5. The van der Waals surface area contributed by atoms with Crippen LogP contribution in [-0.2, 0) is 16.6 Å². The van der Waals surface area contributed by atoms with E-state index < -0.39 is 6.10 Å². The zero-order valence-corrected chi connectivity index (χ0v) is 19.5. The van der Waals surface area contributed by atoms with Crippen molar-refractivity contribution in [3.63, 3.8) is 0 Å². The zero-order valence-electron chi connectivity index (χ0n) is 19.5. The van der Waals surface area contributed by atoms with Gasteiger partial charge < -0.3 is 19.2 Å². The third-order valence-corrected chi connectivity index (χ3v) is 5.27. The highest BCUT2D eigenvalue weighted by molar-refractivity contribution is 5.98. The molecule has 2 aromatic carbocycles. The zero-order chi connectivity index (χ0) is 23.3. The van der Waals surface area contributed by atoms with Gasteiger partial charge in [0.15, 0.2) is 12.4 Å². The third kappa shape index (κ3) is 5.12. The molecule has 3 rings (SSSR count). The molecule has 1 atom stereocenters. The number of nitrogens with zero attached hydrogens (tertiary/aromatic N) is 1. The predicted octanol–water partition coefficient (Wildman–Crippen LogP) is 4.91. The number of aliphatic hydroxyl groups excluding tert-OH is 1. The number of carbonyl (C=O) groups is 1. The van der Waals surface area contributed by atoms with Gasteiger partial charge in [-0.2, -0.15) is 0 Å². The number of aldehydes is 1. The van der Waals surface area contributed by atoms with Crippen LogP contribution < -0.4 is 5.56 Å². The maximum absolute atomic E-state index is 13.1. The van der Waals surface area contributed by atoms with Gasteiger partial charge in [-0.05, 0) is 49.3 Å². The number of carbonyl (C=O) groups excluding carboxylic acids is 1. The number of aryl methyl sites for hydroxylation is 1. The first-order chi connectivity index (χ1) is 14.7. The van der Waals surface area contributed by atoms with E-state index in [0.29, 0.717) is 17.0 Å². The topological polar surface area (TPSA) is 68.5 Å². The van der Waals surface area contributed by atoms with E-state index in [1.165, 1.54) is 5.56 Å². The van der Waals surface area contributed by atoms with Crippen molar-refractivity contribution in [2.75, 3.05) is 7.11 Å². The minimum absolute atomic E-state index is 0.128. The molecule has 0 aliphatic carbocycles. The summed E-state index contributed by atoms with van der Waals surface area (Å²) in [6.45, 7) is 10.1. The van der Waals surface area contributed by atoms with Gasteiger partial charge in [-0.3, -0.25) is 4.79 Å². The molecule has 3 aromatic rings. The molecule has 0 radical (unpaired) electrons. The average Bonchev–Trinajstić information content (AvgIpc) is 2.75. The van der Waals surface area contributed by atoms with Crippen LogP contribution in [0.25, 0.3) is 21.9 Å². The molecule has 0 bridgehead atoms. The van der Waals surface area contributed by atoms with Gasteiger partial charge in [0.05, 0.1) is 11.8 Å². The Morgan fingerprint density at radius 3 is 2.10 bits per heavy atom. The van der Waals surface area contributed by atoms with Gasteiger partial charge in [0.25, 0.3) is 5.56 Å². The SMILES string of the molecule is CO.Cc1ccc2c(=O)n(C)c(C(C=O)OC(C)C)c(-c3ccc(C(C)C)cc3)c2c1. The van der Waals surface area contributed by atoms with Crippen molar-refractivity contribution in [1.82, 2.24) is 4.57 Å². The Kier molecular flexibility index (Phi) is 8.31. The lowest BCUT2D eigenvalue weighted by atomic mass is 9.92. The number of pyridine rings is 1. The number of ether oxygens (including phenoxy) is 1. The molecule has 0 aliphatic rings. The lowest BCUT2D eigenvalue weighted by Gasteiger charge is -2.23. The third-order valence-electron chi connectivity index (χ3n) is 5.27. The highest BCUT2D eigenvalue weighted by Gasteiger charge is 2.24. The van der Waals surface area contributed by atoms with E-state index in [-0.39, 0.29) is 11.7 Å². The lowest BCUT2D eigenvalue weighted by Crippen LogP contribution is -2.26. The van der Waals surface area contributed by atoms with E-state index in [4.69, 9.17) is 9.84 Å². The first kappa shape index (κ1) is 24.5. The smallest absolute Gasteiger partial charge is 0.258 e. The Morgan fingerprint density at radius 1 is 0.968 bits per heavy atom. The molecular formula is C26H33NO4. The molecule has 5 heteroatoms. The van der Waals surface area contributed by atoms with Crippen LogP contribution in [0.4, 0.5) is 0 Å². The highest BCUT2D eigenvalue weighted by Crippen LogP contribution is 2.35.